The van der Waals surface area contributed by atoms with Gasteiger partial charge in [0.25, 0.3) is 0 Å². The van der Waals surface area contributed by atoms with E-state index in [-0.39, 0.29) is 18.3 Å². The van der Waals surface area contributed by atoms with Gasteiger partial charge in [-0.2, -0.15) is 0 Å². The summed E-state index contributed by atoms with van der Waals surface area (Å²) in [6, 6.07) is 9.94. The quantitative estimate of drug-likeness (QED) is 0.861. The monoisotopic (exact) mass is 334 g/mol. The van der Waals surface area contributed by atoms with Crippen molar-refractivity contribution in [2.45, 2.75) is 19.9 Å². The second-order valence-electron chi connectivity index (χ2n) is 5.54. The molecule has 0 bridgehead atoms. The van der Waals surface area contributed by atoms with E-state index >= 15 is 0 Å². The number of carbonyl (C=O) groups excluding carboxylic acids is 1. The number of anilines is 1. The van der Waals surface area contributed by atoms with Crippen molar-refractivity contribution in [2.24, 2.45) is 0 Å². The zero-order chi connectivity index (χ0) is 15.4. The molecule has 3 rings (SSSR count). The van der Waals surface area contributed by atoms with E-state index < -0.39 is 0 Å². The van der Waals surface area contributed by atoms with Crippen molar-refractivity contribution in [1.29, 1.82) is 0 Å². The predicted molar refractivity (Wildman–Crippen MR) is 94.1 cm³/mol. The number of nitrogens with zero attached hydrogens (tertiary/aromatic N) is 4. The summed E-state index contributed by atoms with van der Waals surface area (Å²) < 4.78 is 2.14. The number of imidazole rings is 1. The van der Waals surface area contributed by atoms with E-state index in [1.807, 2.05) is 47.6 Å². The van der Waals surface area contributed by atoms with Gasteiger partial charge in [0.05, 0.1) is 6.42 Å². The van der Waals surface area contributed by atoms with Gasteiger partial charge in [0.2, 0.25) is 11.9 Å². The Morgan fingerprint density at radius 3 is 2.48 bits per heavy atom. The molecule has 1 aliphatic rings. The van der Waals surface area contributed by atoms with Gasteiger partial charge < -0.3 is 14.4 Å². The highest BCUT2D eigenvalue weighted by molar-refractivity contribution is 5.85. The second kappa shape index (κ2) is 8.02. The van der Waals surface area contributed by atoms with Crippen molar-refractivity contribution in [1.82, 2.24) is 14.5 Å². The Bertz CT molecular complexity index is 621. The molecule has 124 valence electrons. The van der Waals surface area contributed by atoms with Crippen LogP contribution in [0.4, 0.5) is 5.95 Å². The molecule has 0 radical (unpaired) electrons. The van der Waals surface area contributed by atoms with E-state index in [2.05, 4.69) is 21.4 Å². The SMILES string of the molecule is CCn1ccnc1N1CCN(C(=O)Cc2ccccc2)CC1.Cl. The van der Waals surface area contributed by atoms with Gasteiger partial charge in [-0.25, -0.2) is 4.98 Å². The van der Waals surface area contributed by atoms with Gasteiger partial charge in [0.15, 0.2) is 0 Å². The molecule has 23 heavy (non-hydrogen) atoms. The van der Waals surface area contributed by atoms with Crippen LogP contribution in [0.1, 0.15) is 12.5 Å². The number of hydrogen-bond acceptors (Lipinski definition) is 3. The van der Waals surface area contributed by atoms with Gasteiger partial charge >= 0.3 is 0 Å². The third-order valence-electron chi connectivity index (χ3n) is 4.15. The van der Waals surface area contributed by atoms with Crippen molar-refractivity contribution >= 4 is 24.3 Å². The molecule has 1 aliphatic heterocycles. The predicted octanol–water partition coefficient (Wildman–Crippen LogP) is 2.22. The number of hydrogen-bond donors (Lipinski definition) is 0. The van der Waals surface area contributed by atoms with E-state index in [9.17, 15) is 4.79 Å². The molecule has 1 saturated heterocycles. The van der Waals surface area contributed by atoms with Crippen LogP contribution in [0.2, 0.25) is 0 Å². The van der Waals surface area contributed by atoms with E-state index in [0.29, 0.717) is 6.42 Å². The standard InChI is InChI=1S/C17H22N4O.ClH/c1-2-19-9-8-18-17(19)21-12-10-20(11-13-21)16(22)14-15-6-4-3-5-7-15;/h3-9H,2,10-14H2,1H3;1H. The second-order valence-corrected chi connectivity index (χ2v) is 5.54. The number of carbonyl (C=O) groups is 1. The van der Waals surface area contributed by atoms with E-state index in [4.69, 9.17) is 0 Å². The van der Waals surface area contributed by atoms with Gasteiger partial charge in [0.1, 0.15) is 0 Å². The summed E-state index contributed by atoms with van der Waals surface area (Å²) in [5, 5.41) is 0. The minimum absolute atomic E-state index is 0. The highest BCUT2D eigenvalue weighted by Gasteiger charge is 2.23. The number of halogens is 1. The molecule has 6 heteroatoms. The van der Waals surface area contributed by atoms with Crippen LogP contribution in [-0.4, -0.2) is 46.5 Å². The molecule has 1 fully saturated rings. The Labute approximate surface area is 143 Å². The van der Waals surface area contributed by atoms with Crippen LogP contribution in [0, 0.1) is 0 Å². The highest BCUT2D eigenvalue weighted by atomic mass is 35.5. The highest BCUT2D eigenvalue weighted by Crippen LogP contribution is 2.15. The molecule has 1 aromatic heterocycles. The number of rotatable bonds is 4. The Morgan fingerprint density at radius 2 is 1.83 bits per heavy atom. The minimum atomic E-state index is 0. The first kappa shape index (κ1) is 17.3. The number of aryl methyl sites for hydroxylation is 1. The first-order valence-corrected chi connectivity index (χ1v) is 7.85. The van der Waals surface area contributed by atoms with E-state index in [1.54, 1.807) is 0 Å². The molecule has 0 atom stereocenters. The molecule has 1 aromatic carbocycles. The molecule has 2 heterocycles. The first-order valence-electron chi connectivity index (χ1n) is 7.85. The molecular formula is C17H23ClN4O. The summed E-state index contributed by atoms with van der Waals surface area (Å²) in [5.41, 5.74) is 1.08. The number of piperazine rings is 1. The summed E-state index contributed by atoms with van der Waals surface area (Å²) in [7, 11) is 0. The Hall–Kier alpha value is -2.01. The largest absolute Gasteiger partial charge is 0.339 e. The lowest BCUT2D eigenvalue weighted by molar-refractivity contribution is -0.130. The molecular weight excluding hydrogens is 312 g/mol. The number of aromatic nitrogens is 2. The molecule has 0 spiro atoms. The molecule has 2 aromatic rings. The molecule has 0 N–H and O–H groups in total. The fraction of sp³-hybridized carbons (Fsp3) is 0.412. The van der Waals surface area contributed by atoms with Crippen molar-refractivity contribution in [3.8, 4) is 0 Å². The smallest absolute Gasteiger partial charge is 0.227 e. The van der Waals surface area contributed by atoms with Crippen LogP contribution in [0.15, 0.2) is 42.7 Å². The van der Waals surface area contributed by atoms with E-state index in [0.717, 1.165) is 44.2 Å². The lowest BCUT2D eigenvalue weighted by Gasteiger charge is -2.35. The summed E-state index contributed by atoms with van der Waals surface area (Å²) in [6.45, 7) is 6.26. The number of benzene rings is 1. The van der Waals surface area contributed by atoms with Crippen LogP contribution in [0.5, 0.6) is 0 Å². The summed E-state index contributed by atoms with van der Waals surface area (Å²) in [6.07, 6.45) is 4.33. The fourth-order valence-corrected chi connectivity index (χ4v) is 2.87. The lowest BCUT2D eigenvalue weighted by Crippen LogP contribution is -2.49. The van der Waals surface area contributed by atoms with E-state index in [1.165, 1.54) is 0 Å². The van der Waals surface area contributed by atoms with Crippen LogP contribution < -0.4 is 4.90 Å². The Balaban J connectivity index is 0.00000192. The molecule has 1 amide bonds. The summed E-state index contributed by atoms with van der Waals surface area (Å²) >= 11 is 0. The fourth-order valence-electron chi connectivity index (χ4n) is 2.87. The molecule has 0 saturated carbocycles. The normalized spacial score (nSPS) is 14.5. The lowest BCUT2D eigenvalue weighted by atomic mass is 10.1. The van der Waals surface area contributed by atoms with Crippen molar-refractivity contribution < 1.29 is 4.79 Å². The number of amides is 1. The molecule has 5 nitrogen and oxygen atoms in total. The first-order chi connectivity index (χ1) is 10.8. The van der Waals surface area contributed by atoms with Crippen molar-refractivity contribution in [3.63, 3.8) is 0 Å². The van der Waals surface area contributed by atoms with Crippen LogP contribution in [-0.2, 0) is 17.8 Å². The average Bonchev–Trinajstić information content (AvgIpc) is 3.04. The maximum absolute atomic E-state index is 12.4. The topological polar surface area (TPSA) is 41.4 Å². The molecule has 0 aliphatic carbocycles. The van der Waals surface area contributed by atoms with Gasteiger partial charge in [-0.1, -0.05) is 30.3 Å². The maximum atomic E-state index is 12.4. The van der Waals surface area contributed by atoms with Gasteiger partial charge in [-0.3, -0.25) is 4.79 Å². The zero-order valence-electron chi connectivity index (χ0n) is 13.4. The zero-order valence-corrected chi connectivity index (χ0v) is 14.2. The van der Waals surface area contributed by atoms with Gasteiger partial charge in [-0.05, 0) is 12.5 Å². The van der Waals surface area contributed by atoms with Gasteiger partial charge in [-0.15, -0.1) is 12.4 Å². The molecule has 0 unspecified atom stereocenters. The third-order valence-corrected chi connectivity index (χ3v) is 4.15. The van der Waals surface area contributed by atoms with Gasteiger partial charge in [0, 0.05) is 45.1 Å². The van der Waals surface area contributed by atoms with Crippen molar-refractivity contribution in [2.75, 3.05) is 31.1 Å². The third kappa shape index (κ3) is 4.05. The minimum Gasteiger partial charge on any atom is -0.339 e. The van der Waals surface area contributed by atoms with Crippen LogP contribution >= 0.6 is 12.4 Å². The Morgan fingerprint density at radius 1 is 1.13 bits per heavy atom. The Kier molecular flexibility index (Phi) is 6.04. The maximum Gasteiger partial charge on any atom is 0.227 e. The summed E-state index contributed by atoms with van der Waals surface area (Å²) in [4.78, 5) is 21.0. The van der Waals surface area contributed by atoms with Crippen molar-refractivity contribution in [3.05, 3.63) is 48.3 Å². The van der Waals surface area contributed by atoms with Crippen LogP contribution in [0.25, 0.3) is 0 Å². The van der Waals surface area contributed by atoms with Crippen LogP contribution in [0.3, 0.4) is 0 Å². The average molecular weight is 335 g/mol. The summed E-state index contributed by atoms with van der Waals surface area (Å²) in [5.74, 6) is 1.22.